The number of rotatable bonds is 2. The van der Waals surface area contributed by atoms with Crippen LogP contribution in [0.1, 0.15) is 28.9 Å². The number of nitrogens with zero attached hydrogens (tertiary/aromatic N) is 2. The summed E-state index contributed by atoms with van der Waals surface area (Å²) in [5.74, 6) is 0.650. The summed E-state index contributed by atoms with van der Waals surface area (Å²) in [6.45, 7) is 2.60. The molecule has 1 fully saturated rings. The average molecular weight is 298 g/mol. The highest BCUT2D eigenvalue weighted by Gasteiger charge is 2.42. The first-order valence-electron chi connectivity index (χ1n) is 7.54. The predicted molar refractivity (Wildman–Crippen MR) is 80.4 cm³/mol. The van der Waals surface area contributed by atoms with E-state index in [-0.39, 0.29) is 5.91 Å². The SMILES string of the molecule is O=C1NC2(CCN(Cc3cnc[nH]3)CC2)Oc2ccccc21. The van der Waals surface area contributed by atoms with E-state index in [4.69, 9.17) is 4.74 Å². The number of imidazole rings is 1. The molecule has 4 rings (SSSR count). The van der Waals surface area contributed by atoms with Gasteiger partial charge in [0.15, 0.2) is 5.72 Å². The quantitative estimate of drug-likeness (QED) is 0.882. The molecule has 1 aromatic carbocycles. The summed E-state index contributed by atoms with van der Waals surface area (Å²) in [6, 6.07) is 7.42. The van der Waals surface area contributed by atoms with Crippen LogP contribution >= 0.6 is 0 Å². The molecule has 2 aliphatic rings. The molecule has 2 N–H and O–H groups in total. The monoisotopic (exact) mass is 298 g/mol. The number of nitrogens with one attached hydrogen (secondary N) is 2. The number of likely N-dealkylation sites (tertiary alicyclic amines) is 1. The Kier molecular flexibility index (Phi) is 3.11. The zero-order chi connectivity index (χ0) is 15.0. The van der Waals surface area contributed by atoms with Crippen LogP contribution < -0.4 is 10.1 Å². The fourth-order valence-electron chi connectivity index (χ4n) is 3.16. The Morgan fingerprint density at radius 1 is 1.27 bits per heavy atom. The number of hydrogen-bond acceptors (Lipinski definition) is 4. The van der Waals surface area contributed by atoms with Crippen LogP contribution in [0, 0.1) is 0 Å². The molecule has 1 spiro atoms. The number of carbonyl (C=O) groups is 1. The minimum absolute atomic E-state index is 0.0381. The number of amides is 1. The van der Waals surface area contributed by atoms with Crippen LogP contribution in [0.25, 0.3) is 0 Å². The number of fused-ring (bicyclic) bond motifs is 1. The first-order valence-corrected chi connectivity index (χ1v) is 7.54. The molecule has 114 valence electrons. The van der Waals surface area contributed by atoms with Crippen LogP contribution in [0.3, 0.4) is 0 Å². The van der Waals surface area contributed by atoms with E-state index in [9.17, 15) is 4.79 Å². The second-order valence-corrected chi connectivity index (χ2v) is 5.90. The van der Waals surface area contributed by atoms with Gasteiger partial charge in [0.25, 0.3) is 5.91 Å². The third kappa shape index (κ3) is 2.35. The van der Waals surface area contributed by atoms with Gasteiger partial charge in [0.2, 0.25) is 0 Å². The first kappa shape index (κ1) is 13.3. The summed E-state index contributed by atoms with van der Waals surface area (Å²) in [5, 5.41) is 3.06. The predicted octanol–water partition coefficient (Wildman–Crippen LogP) is 1.52. The van der Waals surface area contributed by atoms with Crippen LogP contribution in [-0.4, -0.2) is 39.6 Å². The van der Waals surface area contributed by atoms with Crippen molar-refractivity contribution in [1.29, 1.82) is 0 Å². The Bertz CT molecular complexity index is 675. The van der Waals surface area contributed by atoms with Crippen molar-refractivity contribution in [3.63, 3.8) is 0 Å². The van der Waals surface area contributed by atoms with Crippen LogP contribution in [0.15, 0.2) is 36.8 Å². The van der Waals surface area contributed by atoms with Crippen molar-refractivity contribution in [2.24, 2.45) is 0 Å². The van der Waals surface area contributed by atoms with Gasteiger partial charge in [-0.1, -0.05) is 12.1 Å². The summed E-state index contributed by atoms with van der Waals surface area (Å²) in [6.07, 6.45) is 5.10. The highest BCUT2D eigenvalue weighted by molar-refractivity contribution is 5.98. The fraction of sp³-hybridized carbons (Fsp3) is 0.375. The lowest BCUT2D eigenvalue weighted by Crippen LogP contribution is -2.60. The maximum Gasteiger partial charge on any atom is 0.258 e. The molecule has 0 saturated carbocycles. The van der Waals surface area contributed by atoms with Gasteiger partial charge in [-0.2, -0.15) is 0 Å². The number of carbonyl (C=O) groups excluding carboxylic acids is 1. The van der Waals surface area contributed by atoms with E-state index in [1.807, 2.05) is 24.4 Å². The van der Waals surface area contributed by atoms with Crippen molar-refractivity contribution in [2.75, 3.05) is 13.1 Å². The van der Waals surface area contributed by atoms with E-state index in [1.165, 1.54) is 0 Å². The maximum atomic E-state index is 12.3. The zero-order valence-corrected chi connectivity index (χ0v) is 12.2. The normalized spacial score (nSPS) is 20.3. The minimum Gasteiger partial charge on any atom is -0.467 e. The van der Waals surface area contributed by atoms with Gasteiger partial charge in [0, 0.05) is 44.4 Å². The van der Waals surface area contributed by atoms with E-state index < -0.39 is 5.72 Å². The number of ether oxygens (including phenoxy) is 1. The van der Waals surface area contributed by atoms with Gasteiger partial charge in [-0.15, -0.1) is 0 Å². The topological polar surface area (TPSA) is 70.2 Å². The van der Waals surface area contributed by atoms with Crippen LogP contribution in [0.5, 0.6) is 5.75 Å². The summed E-state index contributed by atoms with van der Waals surface area (Å²) in [7, 11) is 0. The molecule has 2 aromatic rings. The average Bonchev–Trinajstić information content (AvgIpc) is 3.03. The number of para-hydroxylation sites is 1. The zero-order valence-electron chi connectivity index (χ0n) is 12.2. The number of aromatic amines is 1. The minimum atomic E-state index is -0.560. The van der Waals surface area contributed by atoms with Crippen molar-refractivity contribution in [1.82, 2.24) is 20.2 Å². The molecule has 6 heteroatoms. The largest absolute Gasteiger partial charge is 0.467 e. The van der Waals surface area contributed by atoms with E-state index in [0.717, 1.165) is 38.2 Å². The third-order valence-electron chi connectivity index (χ3n) is 4.39. The van der Waals surface area contributed by atoms with Crippen molar-refractivity contribution in [3.8, 4) is 5.75 Å². The van der Waals surface area contributed by atoms with Crippen molar-refractivity contribution in [3.05, 3.63) is 48.0 Å². The van der Waals surface area contributed by atoms with Gasteiger partial charge in [0.1, 0.15) is 5.75 Å². The maximum absolute atomic E-state index is 12.3. The molecule has 1 saturated heterocycles. The molecule has 6 nitrogen and oxygen atoms in total. The van der Waals surface area contributed by atoms with Crippen molar-refractivity contribution >= 4 is 5.91 Å². The second-order valence-electron chi connectivity index (χ2n) is 5.90. The smallest absolute Gasteiger partial charge is 0.258 e. The van der Waals surface area contributed by atoms with Crippen LogP contribution in [-0.2, 0) is 6.54 Å². The molecule has 0 radical (unpaired) electrons. The molecule has 1 amide bonds. The molecule has 0 atom stereocenters. The molecule has 1 aromatic heterocycles. The third-order valence-corrected chi connectivity index (χ3v) is 4.39. The summed E-state index contributed by atoms with van der Waals surface area (Å²) >= 11 is 0. The van der Waals surface area contributed by atoms with Gasteiger partial charge in [-0.3, -0.25) is 9.69 Å². The lowest BCUT2D eigenvalue weighted by Gasteiger charge is -2.44. The molecule has 22 heavy (non-hydrogen) atoms. The lowest BCUT2D eigenvalue weighted by atomic mass is 9.97. The van der Waals surface area contributed by atoms with Crippen molar-refractivity contribution in [2.45, 2.75) is 25.1 Å². The van der Waals surface area contributed by atoms with Crippen LogP contribution in [0.4, 0.5) is 0 Å². The van der Waals surface area contributed by atoms with E-state index in [2.05, 4.69) is 20.2 Å². The molecule has 0 unspecified atom stereocenters. The number of aromatic nitrogens is 2. The van der Waals surface area contributed by atoms with E-state index in [1.54, 1.807) is 12.4 Å². The lowest BCUT2D eigenvalue weighted by molar-refractivity contribution is -0.0306. The van der Waals surface area contributed by atoms with Crippen LogP contribution in [0.2, 0.25) is 0 Å². The number of hydrogen-bond donors (Lipinski definition) is 2. The van der Waals surface area contributed by atoms with Gasteiger partial charge < -0.3 is 15.0 Å². The summed E-state index contributed by atoms with van der Waals surface area (Å²) < 4.78 is 6.14. The molecular formula is C16H18N4O2. The Labute approximate surface area is 128 Å². The van der Waals surface area contributed by atoms with Gasteiger partial charge in [-0.25, -0.2) is 4.98 Å². The Morgan fingerprint density at radius 2 is 2.09 bits per heavy atom. The summed E-state index contributed by atoms with van der Waals surface area (Å²) in [4.78, 5) is 21.8. The molecule has 2 aliphatic heterocycles. The molecular weight excluding hydrogens is 280 g/mol. The first-order chi connectivity index (χ1) is 10.7. The molecule has 3 heterocycles. The molecule has 0 bridgehead atoms. The second kappa shape index (κ2) is 5.14. The number of benzene rings is 1. The van der Waals surface area contributed by atoms with E-state index in [0.29, 0.717) is 11.3 Å². The fourth-order valence-corrected chi connectivity index (χ4v) is 3.16. The number of H-pyrrole nitrogens is 1. The standard InChI is InChI=1S/C16H18N4O2/c21-15-13-3-1-2-4-14(13)22-16(19-15)5-7-20(8-6-16)10-12-9-17-11-18-12/h1-4,9,11H,5-8,10H2,(H,17,18)(H,19,21). The Hall–Kier alpha value is -2.34. The summed E-state index contributed by atoms with van der Waals surface area (Å²) in [5.41, 5.74) is 1.17. The Balaban J connectivity index is 1.46. The highest BCUT2D eigenvalue weighted by Crippen LogP contribution is 2.33. The van der Waals surface area contributed by atoms with Gasteiger partial charge in [-0.05, 0) is 12.1 Å². The highest BCUT2D eigenvalue weighted by atomic mass is 16.5. The Morgan fingerprint density at radius 3 is 2.86 bits per heavy atom. The van der Waals surface area contributed by atoms with Gasteiger partial charge >= 0.3 is 0 Å². The van der Waals surface area contributed by atoms with Crippen molar-refractivity contribution < 1.29 is 9.53 Å². The van der Waals surface area contributed by atoms with Gasteiger partial charge in [0.05, 0.1) is 11.9 Å². The van der Waals surface area contributed by atoms with E-state index >= 15 is 0 Å². The molecule has 0 aliphatic carbocycles. The number of piperidine rings is 1.